The Morgan fingerprint density at radius 1 is 1.00 bits per heavy atom. The van der Waals surface area contributed by atoms with Crippen molar-refractivity contribution in [3.63, 3.8) is 0 Å². The second-order valence-corrected chi connectivity index (χ2v) is 3.43. The van der Waals surface area contributed by atoms with E-state index >= 15 is 0 Å². The first kappa shape index (κ1) is 14.4. The van der Waals surface area contributed by atoms with Gasteiger partial charge in [-0.05, 0) is 6.42 Å². The molecule has 0 unspecified atom stereocenters. The first-order chi connectivity index (χ1) is 7.27. The molecule has 0 heterocycles. The highest BCUT2D eigenvalue weighted by Crippen LogP contribution is 1.98. The van der Waals surface area contributed by atoms with Crippen LogP contribution in [0.15, 0.2) is 0 Å². The molecule has 0 amide bonds. The van der Waals surface area contributed by atoms with Crippen molar-refractivity contribution in [2.45, 2.75) is 39.0 Å². The van der Waals surface area contributed by atoms with Crippen LogP contribution in [0.2, 0.25) is 0 Å². The van der Waals surface area contributed by atoms with Gasteiger partial charge in [0.25, 0.3) is 0 Å². The molecule has 0 rings (SSSR count). The Bertz CT molecular complexity index is 148. The molecule has 0 aromatic heterocycles. The number of carboxylic acids is 1. The molecular weight excluding hydrogens is 196 g/mol. The van der Waals surface area contributed by atoms with E-state index < -0.39 is 5.97 Å². The van der Waals surface area contributed by atoms with Gasteiger partial charge in [0.15, 0.2) is 0 Å². The van der Waals surface area contributed by atoms with Crippen LogP contribution >= 0.6 is 0 Å². The molecule has 0 bridgehead atoms. The molecule has 0 aliphatic carbocycles. The van der Waals surface area contributed by atoms with Crippen LogP contribution in [0.3, 0.4) is 0 Å². The minimum atomic E-state index is -0.824. The van der Waals surface area contributed by atoms with E-state index in [-0.39, 0.29) is 13.0 Å². The van der Waals surface area contributed by atoms with Crippen molar-refractivity contribution in [3.8, 4) is 0 Å². The molecule has 0 aromatic carbocycles. The van der Waals surface area contributed by atoms with Crippen molar-refractivity contribution in [2.75, 3.05) is 26.4 Å². The Morgan fingerprint density at radius 2 is 1.67 bits per heavy atom. The van der Waals surface area contributed by atoms with Gasteiger partial charge < -0.3 is 14.6 Å². The molecule has 4 heteroatoms. The molecule has 0 aliphatic heterocycles. The summed E-state index contributed by atoms with van der Waals surface area (Å²) in [5, 5.41) is 8.33. The lowest BCUT2D eigenvalue weighted by Gasteiger charge is -2.04. The Balaban J connectivity index is 2.89. The predicted octanol–water partition coefficient (Wildman–Crippen LogP) is 2.07. The number of aliphatic carboxylic acids is 1. The molecular formula is C11H22O4. The summed E-state index contributed by atoms with van der Waals surface area (Å²) in [5.74, 6) is -0.824. The molecule has 0 aliphatic rings. The number of carboxylic acid groups (broad SMARTS) is 1. The quantitative estimate of drug-likeness (QED) is 0.539. The molecule has 0 atom stereocenters. The molecule has 0 saturated carbocycles. The van der Waals surface area contributed by atoms with Crippen LogP contribution in [0.25, 0.3) is 0 Å². The fourth-order valence-electron chi connectivity index (χ4n) is 1.11. The van der Waals surface area contributed by atoms with Gasteiger partial charge in [0.05, 0.1) is 26.2 Å². The minimum Gasteiger partial charge on any atom is -0.481 e. The summed E-state index contributed by atoms with van der Waals surface area (Å²) in [6.45, 7) is 4.28. The Labute approximate surface area is 91.6 Å². The lowest BCUT2D eigenvalue weighted by Crippen LogP contribution is -2.08. The van der Waals surface area contributed by atoms with Crippen molar-refractivity contribution >= 4 is 5.97 Å². The normalized spacial score (nSPS) is 10.5. The smallest absolute Gasteiger partial charge is 0.305 e. The minimum absolute atomic E-state index is 0.0660. The maximum atomic E-state index is 10.1. The van der Waals surface area contributed by atoms with Gasteiger partial charge in [-0.2, -0.15) is 0 Å². The zero-order chi connectivity index (χ0) is 11.4. The zero-order valence-corrected chi connectivity index (χ0v) is 9.54. The van der Waals surface area contributed by atoms with Crippen LogP contribution < -0.4 is 0 Å². The predicted molar refractivity (Wildman–Crippen MR) is 58.0 cm³/mol. The van der Waals surface area contributed by atoms with E-state index in [1.54, 1.807) is 0 Å². The third-order valence-corrected chi connectivity index (χ3v) is 1.97. The highest BCUT2D eigenvalue weighted by atomic mass is 16.5. The van der Waals surface area contributed by atoms with Crippen LogP contribution in [0.4, 0.5) is 0 Å². The maximum absolute atomic E-state index is 10.1. The fraction of sp³-hybridized carbons (Fsp3) is 0.909. The first-order valence-electron chi connectivity index (χ1n) is 5.64. The number of hydrogen-bond acceptors (Lipinski definition) is 3. The van der Waals surface area contributed by atoms with Gasteiger partial charge in [0.1, 0.15) is 0 Å². The average molecular weight is 218 g/mol. The van der Waals surface area contributed by atoms with Crippen LogP contribution in [-0.4, -0.2) is 37.5 Å². The SMILES string of the molecule is CCCCCCOCCOCCC(=O)O. The second-order valence-electron chi connectivity index (χ2n) is 3.43. The number of carbonyl (C=O) groups is 1. The maximum Gasteiger partial charge on any atom is 0.305 e. The molecule has 4 nitrogen and oxygen atoms in total. The van der Waals surface area contributed by atoms with Gasteiger partial charge in [-0.15, -0.1) is 0 Å². The van der Waals surface area contributed by atoms with Crippen molar-refractivity contribution in [1.82, 2.24) is 0 Å². The van der Waals surface area contributed by atoms with E-state index in [2.05, 4.69) is 6.92 Å². The highest BCUT2D eigenvalue weighted by Gasteiger charge is 1.95. The van der Waals surface area contributed by atoms with Crippen LogP contribution in [0, 0.1) is 0 Å². The second kappa shape index (κ2) is 11.5. The van der Waals surface area contributed by atoms with Crippen molar-refractivity contribution in [3.05, 3.63) is 0 Å². The van der Waals surface area contributed by atoms with Crippen LogP contribution in [0.5, 0.6) is 0 Å². The van der Waals surface area contributed by atoms with Crippen LogP contribution in [-0.2, 0) is 14.3 Å². The third kappa shape index (κ3) is 13.4. The molecule has 0 fully saturated rings. The van der Waals surface area contributed by atoms with Crippen LogP contribution in [0.1, 0.15) is 39.0 Å². The Kier molecular flexibility index (Phi) is 11.0. The van der Waals surface area contributed by atoms with Gasteiger partial charge in [0, 0.05) is 6.61 Å². The molecule has 0 radical (unpaired) electrons. The summed E-state index contributed by atoms with van der Waals surface area (Å²) in [7, 11) is 0. The largest absolute Gasteiger partial charge is 0.481 e. The van der Waals surface area contributed by atoms with Gasteiger partial charge >= 0.3 is 5.97 Å². The lowest BCUT2D eigenvalue weighted by molar-refractivity contribution is -0.138. The van der Waals surface area contributed by atoms with Gasteiger partial charge in [-0.1, -0.05) is 26.2 Å². The summed E-state index contributed by atoms with van der Waals surface area (Å²) < 4.78 is 10.4. The standard InChI is InChI=1S/C11H22O4/c1-2-3-4-5-7-14-9-10-15-8-6-11(12)13/h2-10H2,1H3,(H,12,13). The van der Waals surface area contributed by atoms with Gasteiger partial charge in [0.2, 0.25) is 0 Å². The molecule has 0 spiro atoms. The third-order valence-electron chi connectivity index (χ3n) is 1.97. The van der Waals surface area contributed by atoms with Crippen molar-refractivity contribution in [1.29, 1.82) is 0 Å². The van der Waals surface area contributed by atoms with E-state index in [1.807, 2.05) is 0 Å². The van der Waals surface area contributed by atoms with E-state index in [0.717, 1.165) is 13.0 Å². The topological polar surface area (TPSA) is 55.8 Å². The molecule has 90 valence electrons. The number of ether oxygens (including phenoxy) is 2. The fourth-order valence-corrected chi connectivity index (χ4v) is 1.11. The first-order valence-corrected chi connectivity index (χ1v) is 5.64. The molecule has 0 aromatic rings. The summed E-state index contributed by atoms with van der Waals surface area (Å²) in [6, 6.07) is 0. The van der Waals surface area contributed by atoms with E-state index in [9.17, 15) is 4.79 Å². The van der Waals surface area contributed by atoms with Gasteiger partial charge in [-0.3, -0.25) is 4.79 Å². The van der Waals surface area contributed by atoms with E-state index in [1.165, 1.54) is 19.3 Å². The average Bonchev–Trinajstić information content (AvgIpc) is 2.20. The Hall–Kier alpha value is -0.610. The van der Waals surface area contributed by atoms with E-state index in [0.29, 0.717) is 13.2 Å². The molecule has 15 heavy (non-hydrogen) atoms. The Morgan fingerprint density at radius 3 is 2.27 bits per heavy atom. The number of hydrogen-bond donors (Lipinski definition) is 1. The summed E-state index contributed by atoms with van der Waals surface area (Å²) in [4.78, 5) is 10.1. The highest BCUT2D eigenvalue weighted by molar-refractivity contribution is 5.66. The molecule has 1 N–H and O–H groups in total. The van der Waals surface area contributed by atoms with Crippen molar-refractivity contribution in [2.24, 2.45) is 0 Å². The van der Waals surface area contributed by atoms with Crippen molar-refractivity contribution < 1.29 is 19.4 Å². The number of unbranched alkanes of at least 4 members (excludes halogenated alkanes) is 3. The van der Waals surface area contributed by atoms with Gasteiger partial charge in [-0.25, -0.2) is 0 Å². The summed E-state index contributed by atoms with van der Waals surface area (Å²) in [5.41, 5.74) is 0. The number of rotatable bonds is 11. The van der Waals surface area contributed by atoms with E-state index in [4.69, 9.17) is 14.6 Å². The zero-order valence-electron chi connectivity index (χ0n) is 9.54. The summed E-state index contributed by atoms with van der Waals surface area (Å²) >= 11 is 0. The lowest BCUT2D eigenvalue weighted by atomic mass is 10.2. The monoisotopic (exact) mass is 218 g/mol. The summed E-state index contributed by atoms with van der Waals surface area (Å²) in [6.07, 6.45) is 4.88. The molecule has 0 saturated heterocycles.